The maximum absolute atomic E-state index is 11.1. The van der Waals surface area contributed by atoms with Crippen LogP contribution >= 0.6 is 11.6 Å². The fourth-order valence-electron chi connectivity index (χ4n) is 2.83. The fourth-order valence-corrected chi connectivity index (χ4v) is 3.08. The van der Waals surface area contributed by atoms with Crippen molar-refractivity contribution in [3.8, 4) is 0 Å². The van der Waals surface area contributed by atoms with Crippen molar-refractivity contribution in [1.82, 2.24) is 5.32 Å². The van der Waals surface area contributed by atoms with Crippen molar-refractivity contribution in [2.24, 2.45) is 11.7 Å². The van der Waals surface area contributed by atoms with Crippen LogP contribution in [-0.4, -0.2) is 23.2 Å². The van der Waals surface area contributed by atoms with Gasteiger partial charge in [-0.3, -0.25) is 4.79 Å². The van der Waals surface area contributed by atoms with E-state index in [4.69, 9.17) is 17.3 Å². The van der Waals surface area contributed by atoms with Crippen molar-refractivity contribution in [3.05, 3.63) is 34.3 Å². The highest BCUT2D eigenvalue weighted by molar-refractivity contribution is 6.31. The highest BCUT2D eigenvalue weighted by Crippen LogP contribution is 2.32. The molecule has 0 spiro atoms. The second kappa shape index (κ2) is 6.77. The van der Waals surface area contributed by atoms with Gasteiger partial charge in [-0.15, -0.1) is 0 Å². The van der Waals surface area contributed by atoms with E-state index in [-0.39, 0.29) is 12.1 Å². The van der Waals surface area contributed by atoms with Gasteiger partial charge in [-0.25, -0.2) is 0 Å². The molecule has 1 aromatic carbocycles. The Morgan fingerprint density at radius 1 is 1.48 bits per heavy atom. The monoisotopic (exact) mass is 310 g/mol. The van der Waals surface area contributed by atoms with Crippen LogP contribution in [-0.2, 0) is 6.54 Å². The zero-order valence-corrected chi connectivity index (χ0v) is 13.1. The molecule has 5 heteroatoms. The van der Waals surface area contributed by atoms with Gasteiger partial charge in [-0.1, -0.05) is 24.6 Å². The molecule has 1 aromatic rings. The molecule has 0 heterocycles. The minimum atomic E-state index is -0.482. The molecule has 0 saturated heterocycles. The van der Waals surface area contributed by atoms with Crippen LogP contribution in [0.15, 0.2) is 18.2 Å². The van der Waals surface area contributed by atoms with Crippen LogP contribution in [0.4, 0.5) is 0 Å². The Morgan fingerprint density at radius 2 is 2.14 bits per heavy atom. The van der Waals surface area contributed by atoms with E-state index in [0.717, 1.165) is 37.2 Å². The first kappa shape index (κ1) is 16.3. The van der Waals surface area contributed by atoms with E-state index in [0.29, 0.717) is 17.1 Å². The van der Waals surface area contributed by atoms with Crippen LogP contribution in [0.1, 0.15) is 48.5 Å². The predicted molar refractivity (Wildman–Crippen MR) is 84.3 cm³/mol. The number of hydrogen-bond acceptors (Lipinski definition) is 3. The fraction of sp³-hybridized carbons (Fsp3) is 0.562. The lowest BCUT2D eigenvalue weighted by Crippen LogP contribution is -2.50. The van der Waals surface area contributed by atoms with Gasteiger partial charge in [0.15, 0.2) is 0 Å². The van der Waals surface area contributed by atoms with Gasteiger partial charge in [0.05, 0.1) is 6.61 Å². The number of amides is 1. The molecule has 1 aliphatic rings. The number of rotatable bonds is 5. The maximum atomic E-state index is 11.1. The first-order valence-electron chi connectivity index (χ1n) is 7.40. The second-order valence-electron chi connectivity index (χ2n) is 6.14. The molecule has 116 valence electrons. The third-order valence-electron chi connectivity index (χ3n) is 4.53. The van der Waals surface area contributed by atoms with Gasteiger partial charge in [-0.05, 0) is 49.3 Å². The highest BCUT2D eigenvalue weighted by atomic mass is 35.5. The zero-order chi connectivity index (χ0) is 15.5. The molecule has 0 atom stereocenters. The summed E-state index contributed by atoms with van der Waals surface area (Å²) in [5.74, 6) is 0.245. The molecule has 0 aliphatic heterocycles. The van der Waals surface area contributed by atoms with Gasteiger partial charge in [0.1, 0.15) is 0 Å². The third-order valence-corrected chi connectivity index (χ3v) is 4.88. The van der Waals surface area contributed by atoms with Gasteiger partial charge in [0.2, 0.25) is 5.91 Å². The van der Waals surface area contributed by atoms with Crippen LogP contribution < -0.4 is 11.1 Å². The topological polar surface area (TPSA) is 75.3 Å². The van der Waals surface area contributed by atoms with E-state index in [1.807, 2.05) is 6.07 Å². The van der Waals surface area contributed by atoms with Crippen LogP contribution in [0, 0.1) is 5.92 Å². The Bertz CT molecular complexity index is 511. The minimum absolute atomic E-state index is 0.136. The molecule has 2 rings (SSSR count). The first-order chi connectivity index (χ1) is 9.96. The number of nitrogens with one attached hydrogen (secondary N) is 1. The zero-order valence-electron chi connectivity index (χ0n) is 12.4. The summed E-state index contributed by atoms with van der Waals surface area (Å²) in [5, 5.41) is 13.7. The van der Waals surface area contributed by atoms with Crippen molar-refractivity contribution in [2.75, 3.05) is 6.61 Å². The van der Waals surface area contributed by atoms with Crippen molar-refractivity contribution in [3.63, 3.8) is 0 Å². The van der Waals surface area contributed by atoms with E-state index >= 15 is 0 Å². The number of primary amides is 1. The number of carbonyl (C=O) groups excluding carboxylic acids is 1. The minimum Gasteiger partial charge on any atom is -0.394 e. The van der Waals surface area contributed by atoms with Crippen molar-refractivity contribution in [2.45, 2.75) is 44.7 Å². The summed E-state index contributed by atoms with van der Waals surface area (Å²) in [6.07, 6.45) is 4.20. The molecule has 21 heavy (non-hydrogen) atoms. The number of nitrogens with two attached hydrogens (primary N) is 1. The quantitative estimate of drug-likeness (QED) is 0.782. The van der Waals surface area contributed by atoms with E-state index in [2.05, 4.69) is 12.2 Å². The number of hydrogen-bond donors (Lipinski definition) is 3. The molecule has 0 bridgehead atoms. The van der Waals surface area contributed by atoms with Gasteiger partial charge in [-0.2, -0.15) is 0 Å². The van der Waals surface area contributed by atoms with Crippen molar-refractivity contribution < 1.29 is 9.90 Å². The molecule has 4 nitrogen and oxygen atoms in total. The van der Waals surface area contributed by atoms with Gasteiger partial charge >= 0.3 is 0 Å². The second-order valence-corrected chi connectivity index (χ2v) is 6.55. The number of halogens is 1. The summed E-state index contributed by atoms with van der Waals surface area (Å²) < 4.78 is 0. The van der Waals surface area contributed by atoms with Crippen LogP contribution in [0.2, 0.25) is 5.02 Å². The summed E-state index contributed by atoms with van der Waals surface area (Å²) >= 11 is 6.19. The lowest BCUT2D eigenvalue weighted by atomic mass is 9.77. The van der Waals surface area contributed by atoms with Crippen LogP contribution in [0.5, 0.6) is 0 Å². The summed E-state index contributed by atoms with van der Waals surface area (Å²) in [6, 6.07) is 5.08. The molecule has 1 fully saturated rings. The Hall–Kier alpha value is -1.10. The molecule has 1 aliphatic carbocycles. The Morgan fingerprint density at radius 3 is 2.67 bits per heavy atom. The number of carbonyl (C=O) groups is 1. The van der Waals surface area contributed by atoms with E-state index in [1.54, 1.807) is 12.1 Å². The number of aliphatic hydroxyl groups excluding tert-OH is 1. The molecule has 4 N–H and O–H groups in total. The standard InChI is InChI=1S/C16H23ClN2O2/c1-11-4-6-16(10-20,7-5-11)19-9-13-3-2-12(15(18)21)8-14(13)17/h2-3,8,11,19-20H,4-7,9-10H2,1H3,(H2,18,21). The first-order valence-corrected chi connectivity index (χ1v) is 7.78. The van der Waals surface area contributed by atoms with E-state index in [9.17, 15) is 9.90 Å². The molecule has 1 amide bonds. The smallest absolute Gasteiger partial charge is 0.248 e. The summed E-state index contributed by atoms with van der Waals surface area (Å²) in [4.78, 5) is 11.1. The lowest BCUT2D eigenvalue weighted by Gasteiger charge is -2.39. The molecule has 1 saturated carbocycles. The van der Waals surface area contributed by atoms with Gasteiger partial charge < -0.3 is 16.2 Å². The molecular formula is C16H23ClN2O2. The molecule has 0 aromatic heterocycles. The van der Waals surface area contributed by atoms with Crippen LogP contribution in [0.25, 0.3) is 0 Å². The normalized spacial score (nSPS) is 25.8. The number of aliphatic hydroxyl groups is 1. The van der Waals surface area contributed by atoms with E-state index < -0.39 is 5.91 Å². The maximum Gasteiger partial charge on any atom is 0.248 e. The summed E-state index contributed by atoms with van der Waals surface area (Å²) in [6.45, 7) is 2.96. The summed E-state index contributed by atoms with van der Waals surface area (Å²) in [7, 11) is 0. The predicted octanol–water partition coefficient (Wildman–Crippen LogP) is 2.47. The lowest BCUT2D eigenvalue weighted by molar-refractivity contribution is 0.1000. The molecular weight excluding hydrogens is 288 g/mol. The van der Waals surface area contributed by atoms with Gasteiger partial charge in [0, 0.05) is 22.7 Å². The van der Waals surface area contributed by atoms with Crippen LogP contribution in [0.3, 0.4) is 0 Å². The molecule has 0 unspecified atom stereocenters. The van der Waals surface area contributed by atoms with Crippen molar-refractivity contribution in [1.29, 1.82) is 0 Å². The Kier molecular flexibility index (Phi) is 5.25. The average molecular weight is 311 g/mol. The average Bonchev–Trinajstić information content (AvgIpc) is 2.48. The molecule has 0 radical (unpaired) electrons. The van der Waals surface area contributed by atoms with Gasteiger partial charge in [0.25, 0.3) is 0 Å². The third kappa shape index (κ3) is 3.96. The largest absolute Gasteiger partial charge is 0.394 e. The summed E-state index contributed by atoms with van der Waals surface area (Å²) in [5.41, 5.74) is 6.34. The Balaban J connectivity index is 2.03. The van der Waals surface area contributed by atoms with E-state index in [1.165, 1.54) is 0 Å². The van der Waals surface area contributed by atoms with Crippen molar-refractivity contribution >= 4 is 17.5 Å². The SMILES string of the molecule is CC1CCC(CO)(NCc2ccc(C(N)=O)cc2Cl)CC1. The Labute approximate surface area is 130 Å². The number of benzene rings is 1. The highest BCUT2D eigenvalue weighted by Gasteiger charge is 2.33.